The standard InChI is InChI=1S/C13H18N2/c1-13(2,3)8-12(15)11-6-4-10(9-14)5-7-11/h4-7,12H,8,15H2,1-3H3. The summed E-state index contributed by atoms with van der Waals surface area (Å²) in [5.41, 5.74) is 8.10. The van der Waals surface area contributed by atoms with Gasteiger partial charge in [-0.1, -0.05) is 32.9 Å². The van der Waals surface area contributed by atoms with Crippen molar-refractivity contribution in [3.8, 4) is 6.07 Å². The van der Waals surface area contributed by atoms with Gasteiger partial charge >= 0.3 is 0 Å². The fraction of sp³-hybridized carbons (Fsp3) is 0.462. The Hall–Kier alpha value is -1.33. The summed E-state index contributed by atoms with van der Waals surface area (Å²) in [6, 6.07) is 9.67. The fourth-order valence-electron chi connectivity index (χ4n) is 1.58. The highest BCUT2D eigenvalue weighted by atomic mass is 14.6. The van der Waals surface area contributed by atoms with Crippen LogP contribution in [0.15, 0.2) is 24.3 Å². The molecule has 2 nitrogen and oxygen atoms in total. The van der Waals surface area contributed by atoms with Crippen LogP contribution in [0.2, 0.25) is 0 Å². The van der Waals surface area contributed by atoms with Gasteiger partial charge in [-0.05, 0) is 29.5 Å². The number of nitrogens with zero attached hydrogens (tertiary/aromatic N) is 1. The first-order valence-corrected chi connectivity index (χ1v) is 5.18. The molecular weight excluding hydrogens is 184 g/mol. The lowest BCUT2D eigenvalue weighted by molar-refractivity contribution is 0.343. The molecular formula is C13H18N2. The fourth-order valence-corrected chi connectivity index (χ4v) is 1.58. The van der Waals surface area contributed by atoms with Gasteiger partial charge in [0.1, 0.15) is 0 Å². The largest absolute Gasteiger partial charge is 0.324 e. The molecule has 1 rings (SSSR count). The van der Waals surface area contributed by atoms with Gasteiger partial charge < -0.3 is 5.73 Å². The van der Waals surface area contributed by atoms with Crippen molar-refractivity contribution >= 4 is 0 Å². The van der Waals surface area contributed by atoms with Crippen molar-refractivity contribution in [3.63, 3.8) is 0 Å². The molecule has 0 saturated heterocycles. The second kappa shape index (κ2) is 4.46. The molecule has 80 valence electrons. The van der Waals surface area contributed by atoms with Gasteiger partial charge in [-0.3, -0.25) is 0 Å². The third kappa shape index (κ3) is 3.73. The Balaban J connectivity index is 2.75. The quantitative estimate of drug-likeness (QED) is 0.801. The van der Waals surface area contributed by atoms with Crippen molar-refractivity contribution in [2.45, 2.75) is 33.2 Å². The minimum Gasteiger partial charge on any atom is -0.324 e. The van der Waals surface area contributed by atoms with E-state index in [9.17, 15) is 0 Å². The van der Waals surface area contributed by atoms with E-state index in [0.29, 0.717) is 5.56 Å². The summed E-state index contributed by atoms with van der Waals surface area (Å²) < 4.78 is 0. The van der Waals surface area contributed by atoms with Crippen LogP contribution >= 0.6 is 0 Å². The van der Waals surface area contributed by atoms with E-state index in [1.807, 2.05) is 24.3 Å². The highest BCUT2D eigenvalue weighted by molar-refractivity contribution is 5.32. The SMILES string of the molecule is CC(C)(C)CC(N)c1ccc(C#N)cc1. The molecule has 0 heterocycles. The molecule has 0 radical (unpaired) electrons. The smallest absolute Gasteiger partial charge is 0.0991 e. The number of nitrogens with two attached hydrogens (primary N) is 1. The van der Waals surface area contributed by atoms with E-state index in [-0.39, 0.29) is 11.5 Å². The first-order valence-electron chi connectivity index (χ1n) is 5.18. The highest BCUT2D eigenvalue weighted by Crippen LogP contribution is 2.27. The second-order valence-corrected chi connectivity index (χ2v) is 5.11. The van der Waals surface area contributed by atoms with Gasteiger partial charge in [-0.15, -0.1) is 0 Å². The highest BCUT2D eigenvalue weighted by Gasteiger charge is 2.16. The Morgan fingerprint density at radius 2 is 1.80 bits per heavy atom. The van der Waals surface area contributed by atoms with Gasteiger partial charge in [0.05, 0.1) is 11.6 Å². The van der Waals surface area contributed by atoms with E-state index in [1.54, 1.807) is 0 Å². The maximum absolute atomic E-state index is 8.67. The van der Waals surface area contributed by atoms with Gasteiger partial charge in [0.15, 0.2) is 0 Å². The number of hydrogen-bond donors (Lipinski definition) is 1. The first-order chi connectivity index (χ1) is 6.92. The maximum Gasteiger partial charge on any atom is 0.0991 e. The van der Waals surface area contributed by atoms with Crippen molar-refractivity contribution < 1.29 is 0 Å². The zero-order valence-electron chi connectivity index (χ0n) is 9.62. The van der Waals surface area contributed by atoms with Crippen LogP contribution in [-0.2, 0) is 0 Å². The van der Waals surface area contributed by atoms with Crippen molar-refractivity contribution in [3.05, 3.63) is 35.4 Å². The predicted molar refractivity (Wildman–Crippen MR) is 62.2 cm³/mol. The first kappa shape index (κ1) is 11.7. The maximum atomic E-state index is 8.67. The Kier molecular flexibility index (Phi) is 3.49. The normalized spacial score (nSPS) is 13.3. The van der Waals surface area contributed by atoms with Crippen LogP contribution in [0, 0.1) is 16.7 Å². The summed E-state index contributed by atoms with van der Waals surface area (Å²) in [4.78, 5) is 0. The minimum absolute atomic E-state index is 0.0535. The molecule has 2 N–H and O–H groups in total. The lowest BCUT2D eigenvalue weighted by Gasteiger charge is -2.23. The van der Waals surface area contributed by atoms with Crippen LogP contribution in [0.4, 0.5) is 0 Å². The molecule has 0 aliphatic heterocycles. The Labute approximate surface area is 91.7 Å². The van der Waals surface area contributed by atoms with Crippen molar-refractivity contribution in [1.82, 2.24) is 0 Å². The van der Waals surface area contributed by atoms with Crippen LogP contribution in [0.1, 0.15) is 44.4 Å². The van der Waals surface area contributed by atoms with Gasteiger partial charge in [-0.25, -0.2) is 0 Å². The zero-order valence-corrected chi connectivity index (χ0v) is 9.62. The topological polar surface area (TPSA) is 49.8 Å². The summed E-state index contributed by atoms with van der Waals surface area (Å²) in [5, 5.41) is 8.67. The number of hydrogen-bond acceptors (Lipinski definition) is 2. The van der Waals surface area contributed by atoms with Crippen LogP contribution in [0.3, 0.4) is 0 Å². The van der Waals surface area contributed by atoms with Gasteiger partial charge in [0.25, 0.3) is 0 Å². The van der Waals surface area contributed by atoms with Crippen LogP contribution < -0.4 is 5.73 Å². The predicted octanol–water partition coefficient (Wildman–Crippen LogP) is 2.99. The summed E-state index contributed by atoms with van der Waals surface area (Å²) >= 11 is 0. The number of nitriles is 1. The lowest BCUT2D eigenvalue weighted by Crippen LogP contribution is -2.18. The van der Waals surface area contributed by atoms with Crippen LogP contribution in [0.5, 0.6) is 0 Å². The molecule has 0 aliphatic carbocycles. The molecule has 0 amide bonds. The molecule has 0 aromatic heterocycles. The lowest BCUT2D eigenvalue weighted by atomic mass is 9.86. The molecule has 0 fully saturated rings. The molecule has 0 spiro atoms. The molecule has 1 unspecified atom stereocenters. The Morgan fingerprint density at radius 1 is 1.27 bits per heavy atom. The van der Waals surface area contributed by atoms with Crippen molar-refractivity contribution in [1.29, 1.82) is 5.26 Å². The summed E-state index contributed by atoms with van der Waals surface area (Å²) in [6.45, 7) is 6.53. The van der Waals surface area contributed by atoms with Crippen molar-refractivity contribution in [2.24, 2.45) is 11.1 Å². The molecule has 1 atom stereocenters. The molecule has 0 aliphatic rings. The van der Waals surface area contributed by atoms with Gasteiger partial charge in [0.2, 0.25) is 0 Å². The molecule has 15 heavy (non-hydrogen) atoms. The monoisotopic (exact) mass is 202 g/mol. The average molecular weight is 202 g/mol. The summed E-state index contributed by atoms with van der Waals surface area (Å²) in [5.74, 6) is 0. The van der Waals surface area contributed by atoms with Crippen LogP contribution in [0.25, 0.3) is 0 Å². The van der Waals surface area contributed by atoms with E-state index in [4.69, 9.17) is 11.0 Å². The molecule has 0 saturated carbocycles. The minimum atomic E-state index is 0.0535. The van der Waals surface area contributed by atoms with E-state index in [2.05, 4.69) is 26.8 Å². The molecule has 2 heteroatoms. The third-order valence-electron chi connectivity index (χ3n) is 2.30. The van der Waals surface area contributed by atoms with Gasteiger partial charge in [-0.2, -0.15) is 5.26 Å². The molecule has 0 bridgehead atoms. The van der Waals surface area contributed by atoms with Crippen molar-refractivity contribution in [2.75, 3.05) is 0 Å². The summed E-state index contributed by atoms with van der Waals surface area (Å²) in [7, 11) is 0. The van der Waals surface area contributed by atoms with E-state index in [0.717, 1.165) is 12.0 Å². The molecule has 1 aromatic rings. The molecule has 1 aromatic carbocycles. The second-order valence-electron chi connectivity index (χ2n) is 5.11. The zero-order chi connectivity index (χ0) is 11.5. The van der Waals surface area contributed by atoms with E-state index < -0.39 is 0 Å². The average Bonchev–Trinajstić information content (AvgIpc) is 2.15. The Bertz CT molecular complexity index is 352. The Morgan fingerprint density at radius 3 is 2.20 bits per heavy atom. The number of benzene rings is 1. The third-order valence-corrected chi connectivity index (χ3v) is 2.30. The van der Waals surface area contributed by atoms with Crippen LogP contribution in [-0.4, -0.2) is 0 Å². The number of rotatable bonds is 2. The van der Waals surface area contributed by atoms with E-state index >= 15 is 0 Å². The van der Waals surface area contributed by atoms with E-state index in [1.165, 1.54) is 0 Å². The van der Waals surface area contributed by atoms with Gasteiger partial charge in [0, 0.05) is 6.04 Å². The summed E-state index contributed by atoms with van der Waals surface area (Å²) in [6.07, 6.45) is 0.943.